The summed E-state index contributed by atoms with van der Waals surface area (Å²) >= 11 is 1.43. The van der Waals surface area contributed by atoms with Crippen LogP contribution < -0.4 is 4.72 Å². The highest BCUT2D eigenvalue weighted by Gasteiger charge is 2.42. The third kappa shape index (κ3) is 5.28. The zero-order chi connectivity index (χ0) is 26.0. The lowest BCUT2D eigenvalue weighted by Gasteiger charge is -2.39. The summed E-state index contributed by atoms with van der Waals surface area (Å²) in [6, 6.07) is 22.0. The van der Waals surface area contributed by atoms with Gasteiger partial charge in [-0.25, -0.2) is 0 Å². The topological polar surface area (TPSA) is 65.5 Å². The smallest absolute Gasteiger partial charge is 0.385 e. The van der Waals surface area contributed by atoms with E-state index in [0.29, 0.717) is 5.56 Å². The number of carbonyl (C=O) groups excluding carboxylic acids is 1. The predicted octanol–water partition coefficient (Wildman–Crippen LogP) is 6.50. The maximum Gasteiger partial charge on any atom is 0.416 e. The SMILES string of the molecule is O=C(c1ccc(NSc2cccc3cccnc23)cc1)N1CCC(O)(c2ccccc2C(F)(F)F)CC1. The highest BCUT2D eigenvalue weighted by atomic mass is 32.2. The second-order valence-corrected chi connectivity index (χ2v) is 9.83. The summed E-state index contributed by atoms with van der Waals surface area (Å²) in [5.41, 5.74) is -0.418. The fourth-order valence-corrected chi connectivity index (χ4v) is 5.40. The molecular weight excluding hydrogens is 499 g/mol. The molecular formula is C28H24F3N3O2S. The Hall–Kier alpha value is -3.56. The van der Waals surface area contributed by atoms with Crippen molar-refractivity contribution in [1.82, 2.24) is 9.88 Å². The minimum atomic E-state index is -4.56. The zero-order valence-electron chi connectivity index (χ0n) is 19.7. The first-order valence-corrected chi connectivity index (χ1v) is 12.6. The molecule has 2 heterocycles. The minimum Gasteiger partial charge on any atom is -0.385 e. The van der Waals surface area contributed by atoms with Crippen LogP contribution in [0.1, 0.15) is 34.3 Å². The number of aliphatic hydroxyl groups is 1. The molecule has 190 valence electrons. The second-order valence-electron chi connectivity index (χ2n) is 8.98. The van der Waals surface area contributed by atoms with Gasteiger partial charge in [0.25, 0.3) is 5.91 Å². The molecule has 0 spiro atoms. The van der Waals surface area contributed by atoms with Gasteiger partial charge in [-0.2, -0.15) is 13.2 Å². The Morgan fingerprint density at radius 2 is 1.65 bits per heavy atom. The molecule has 0 bridgehead atoms. The Labute approximate surface area is 216 Å². The highest BCUT2D eigenvalue weighted by Crippen LogP contribution is 2.41. The van der Waals surface area contributed by atoms with Gasteiger partial charge in [-0.1, -0.05) is 36.4 Å². The lowest BCUT2D eigenvalue weighted by Crippen LogP contribution is -2.45. The lowest BCUT2D eigenvalue weighted by molar-refractivity contribution is -0.141. The number of halogens is 3. The van der Waals surface area contributed by atoms with Crippen molar-refractivity contribution in [1.29, 1.82) is 0 Å². The molecule has 5 rings (SSSR count). The molecule has 2 N–H and O–H groups in total. The molecule has 0 radical (unpaired) electrons. The quantitative estimate of drug-likeness (QED) is 0.293. The number of hydrogen-bond acceptors (Lipinski definition) is 5. The number of anilines is 1. The maximum atomic E-state index is 13.5. The van der Waals surface area contributed by atoms with Gasteiger partial charge in [0, 0.05) is 35.9 Å². The number of pyridine rings is 1. The van der Waals surface area contributed by atoms with Crippen molar-refractivity contribution in [2.45, 2.75) is 29.5 Å². The number of nitrogens with one attached hydrogen (secondary N) is 1. The van der Waals surface area contributed by atoms with Gasteiger partial charge in [0.05, 0.1) is 21.6 Å². The molecule has 0 aliphatic carbocycles. The van der Waals surface area contributed by atoms with Gasteiger partial charge >= 0.3 is 6.18 Å². The summed E-state index contributed by atoms with van der Waals surface area (Å²) in [4.78, 5) is 20.0. The van der Waals surface area contributed by atoms with E-state index in [1.165, 1.54) is 30.1 Å². The van der Waals surface area contributed by atoms with Crippen LogP contribution in [-0.2, 0) is 11.8 Å². The summed E-state index contributed by atoms with van der Waals surface area (Å²) in [6.45, 7) is 0.316. The van der Waals surface area contributed by atoms with Crippen LogP contribution in [0.4, 0.5) is 18.9 Å². The molecule has 0 unspecified atom stereocenters. The van der Waals surface area contributed by atoms with Crippen LogP contribution in [0.3, 0.4) is 0 Å². The number of hydrogen-bond donors (Lipinski definition) is 2. The third-order valence-electron chi connectivity index (χ3n) is 6.62. The summed E-state index contributed by atoms with van der Waals surface area (Å²) in [5, 5.41) is 12.1. The molecule has 1 aromatic heterocycles. The molecule has 0 atom stereocenters. The van der Waals surface area contributed by atoms with Gasteiger partial charge in [-0.05, 0) is 72.8 Å². The van der Waals surface area contributed by atoms with Gasteiger partial charge in [0.2, 0.25) is 0 Å². The number of carbonyl (C=O) groups is 1. The molecule has 37 heavy (non-hydrogen) atoms. The first kappa shape index (κ1) is 25.1. The molecule has 1 aliphatic rings. The van der Waals surface area contributed by atoms with Crippen LogP contribution in [0.15, 0.2) is 90.0 Å². The molecule has 9 heteroatoms. The lowest BCUT2D eigenvalue weighted by atomic mass is 9.81. The van der Waals surface area contributed by atoms with Crippen molar-refractivity contribution >= 4 is 34.4 Å². The fourth-order valence-electron chi connectivity index (χ4n) is 4.62. The highest BCUT2D eigenvalue weighted by molar-refractivity contribution is 8.00. The van der Waals surface area contributed by atoms with E-state index in [4.69, 9.17) is 0 Å². The van der Waals surface area contributed by atoms with Gasteiger partial charge in [0.15, 0.2) is 0 Å². The Bertz CT molecular complexity index is 1410. The monoisotopic (exact) mass is 523 g/mol. The van der Waals surface area contributed by atoms with Crippen molar-refractivity contribution in [3.05, 3.63) is 102 Å². The second kappa shape index (κ2) is 10.1. The standard InChI is InChI=1S/C28H24F3N3O2S/c29-28(30,31)23-8-2-1-7-22(23)27(36)14-17-34(18-15-27)26(35)20-10-12-21(13-11-20)33-37-24-9-3-5-19-6-4-16-32-25(19)24/h1-13,16,33,36H,14-15,17-18H2. The van der Waals surface area contributed by atoms with Gasteiger partial charge in [-0.3, -0.25) is 9.78 Å². The zero-order valence-corrected chi connectivity index (χ0v) is 20.5. The van der Waals surface area contributed by atoms with Crippen LogP contribution >= 0.6 is 11.9 Å². The molecule has 1 amide bonds. The van der Waals surface area contributed by atoms with E-state index in [9.17, 15) is 23.1 Å². The van der Waals surface area contributed by atoms with E-state index in [1.54, 1.807) is 35.4 Å². The van der Waals surface area contributed by atoms with Crippen LogP contribution in [0.5, 0.6) is 0 Å². The number of aromatic nitrogens is 1. The van der Waals surface area contributed by atoms with Crippen molar-refractivity contribution in [3.63, 3.8) is 0 Å². The Balaban J connectivity index is 1.22. The first-order chi connectivity index (χ1) is 17.7. The number of likely N-dealkylation sites (tertiary alicyclic amines) is 1. The van der Waals surface area contributed by atoms with E-state index >= 15 is 0 Å². The van der Waals surface area contributed by atoms with Crippen LogP contribution in [0, 0.1) is 0 Å². The van der Waals surface area contributed by atoms with E-state index in [1.807, 2.05) is 30.3 Å². The third-order valence-corrected chi connectivity index (χ3v) is 7.51. The molecule has 5 nitrogen and oxygen atoms in total. The predicted molar refractivity (Wildman–Crippen MR) is 138 cm³/mol. The summed E-state index contributed by atoms with van der Waals surface area (Å²) in [7, 11) is 0. The number of alkyl halides is 3. The van der Waals surface area contributed by atoms with Crippen LogP contribution in [0.25, 0.3) is 10.9 Å². The Kier molecular flexibility index (Phi) is 6.83. The summed E-state index contributed by atoms with van der Waals surface area (Å²) in [6.07, 6.45) is -2.75. The van der Waals surface area contributed by atoms with Crippen molar-refractivity contribution in [2.24, 2.45) is 0 Å². The van der Waals surface area contributed by atoms with Gasteiger partial charge in [-0.15, -0.1) is 0 Å². The van der Waals surface area contributed by atoms with E-state index in [-0.39, 0.29) is 37.4 Å². The van der Waals surface area contributed by atoms with Crippen LogP contribution in [-0.4, -0.2) is 34.0 Å². The molecule has 1 saturated heterocycles. The number of benzene rings is 3. The number of piperidine rings is 1. The minimum absolute atomic E-state index is 0.0289. The Morgan fingerprint density at radius 1 is 0.946 bits per heavy atom. The molecule has 4 aromatic rings. The summed E-state index contributed by atoms with van der Waals surface area (Å²) in [5.74, 6) is -0.219. The van der Waals surface area contributed by atoms with Gasteiger partial charge < -0.3 is 14.7 Å². The number of fused-ring (bicyclic) bond motifs is 1. The normalized spacial score (nSPS) is 15.5. The van der Waals surface area contributed by atoms with E-state index < -0.39 is 17.3 Å². The summed E-state index contributed by atoms with van der Waals surface area (Å²) < 4.78 is 43.7. The Morgan fingerprint density at radius 3 is 2.38 bits per heavy atom. The molecule has 1 fully saturated rings. The average Bonchev–Trinajstić information content (AvgIpc) is 2.92. The molecule has 3 aromatic carbocycles. The van der Waals surface area contributed by atoms with Crippen molar-refractivity contribution < 1.29 is 23.1 Å². The number of nitrogens with zero attached hydrogens (tertiary/aromatic N) is 2. The first-order valence-electron chi connectivity index (χ1n) is 11.8. The van der Waals surface area contributed by atoms with E-state index in [0.717, 1.165) is 27.6 Å². The van der Waals surface area contributed by atoms with Crippen LogP contribution in [0.2, 0.25) is 0 Å². The average molecular weight is 524 g/mol. The molecule has 0 saturated carbocycles. The van der Waals surface area contributed by atoms with Gasteiger partial charge in [0.1, 0.15) is 0 Å². The maximum absolute atomic E-state index is 13.5. The fraction of sp³-hybridized carbons (Fsp3) is 0.214. The number of amides is 1. The van der Waals surface area contributed by atoms with Crippen molar-refractivity contribution in [3.8, 4) is 0 Å². The number of para-hydroxylation sites is 1. The molecule has 1 aliphatic heterocycles. The number of rotatable bonds is 5. The van der Waals surface area contributed by atoms with E-state index in [2.05, 4.69) is 9.71 Å². The largest absolute Gasteiger partial charge is 0.416 e. The van der Waals surface area contributed by atoms with Crippen molar-refractivity contribution in [2.75, 3.05) is 17.8 Å².